The zero-order chi connectivity index (χ0) is 13.1. The lowest BCUT2D eigenvalue weighted by atomic mass is 10.2. The van der Waals surface area contributed by atoms with Crippen LogP contribution in [0.25, 0.3) is 11.5 Å². The van der Waals surface area contributed by atoms with Gasteiger partial charge in [0.25, 0.3) is 0 Å². The first-order valence-electron chi connectivity index (χ1n) is 6.04. The van der Waals surface area contributed by atoms with Crippen LogP contribution < -0.4 is 5.32 Å². The first-order valence-corrected chi connectivity index (χ1v) is 6.04. The summed E-state index contributed by atoms with van der Waals surface area (Å²) in [4.78, 5) is 0. The number of rotatable bonds is 3. The van der Waals surface area contributed by atoms with Gasteiger partial charge in [0.15, 0.2) is 0 Å². The number of benzene rings is 2. The van der Waals surface area contributed by atoms with Crippen LogP contribution in [-0.4, -0.2) is 10.2 Å². The van der Waals surface area contributed by atoms with E-state index in [1.54, 1.807) is 0 Å². The minimum atomic E-state index is 0.393. The number of aromatic nitrogens is 2. The zero-order valence-corrected chi connectivity index (χ0v) is 10.5. The van der Waals surface area contributed by atoms with Crippen LogP contribution >= 0.6 is 0 Å². The van der Waals surface area contributed by atoms with E-state index in [0.717, 1.165) is 11.3 Å². The third-order valence-electron chi connectivity index (χ3n) is 2.72. The minimum Gasteiger partial charge on any atom is -0.403 e. The monoisotopic (exact) mass is 251 g/mol. The highest BCUT2D eigenvalue weighted by Crippen LogP contribution is 2.21. The summed E-state index contributed by atoms with van der Waals surface area (Å²) >= 11 is 0. The van der Waals surface area contributed by atoms with Gasteiger partial charge < -0.3 is 9.73 Å². The average molecular weight is 251 g/mol. The SMILES string of the molecule is Cc1cccc(Nc2nnc(-c3ccccc3)o2)c1. The predicted octanol–water partition coefficient (Wildman–Crippen LogP) is 3.79. The summed E-state index contributed by atoms with van der Waals surface area (Å²) in [6.07, 6.45) is 0. The van der Waals surface area contributed by atoms with Crippen molar-refractivity contribution in [1.29, 1.82) is 0 Å². The average Bonchev–Trinajstić information content (AvgIpc) is 2.88. The van der Waals surface area contributed by atoms with Crippen LogP contribution in [0.1, 0.15) is 5.56 Å². The minimum absolute atomic E-state index is 0.393. The molecule has 0 aliphatic carbocycles. The Balaban J connectivity index is 1.82. The van der Waals surface area contributed by atoms with Crippen LogP contribution in [0.15, 0.2) is 59.0 Å². The van der Waals surface area contributed by atoms with Crippen molar-refractivity contribution >= 4 is 11.7 Å². The molecule has 1 aromatic heterocycles. The van der Waals surface area contributed by atoms with Crippen molar-refractivity contribution in [2.24, 2.45) is 0 Å². The number of aryl methyl sites for hydroxylation is 1. The Labute approximate surface area is 111 Å². The molecule has 1 N–H and O–H groups in total. The van der Waals surface area contributed by atoms with Gasteiger partial charge in [-0.3, -0.25) is 0 Å². The van der Waals surface area contributed by atoms with Gasteiger partial charge in [0.05, 0.1) is 0 Å². The summed E-state index contributed by atoms with van der Waals surface area (Å²) in [7, 11) is 0. The van der Waals surface area contributed by atoms with Gasteiger partial charge in [-0.25, -0.2) is 0 Å². The molecule has 94 valence electrons. The summed E-state index contributed by atoms with van der Waals surface area (Å²) in [6, 6.07) is 18.1. The fourth-order valence-electron chi connectivity index (χ4n) is 1.82. The van der Waals surface area contributed by atoms with Crippen LogP contribution in [0.4, 0.5) is 11.7 Å². The molecule has 0 unspecified atom stereocenters. The van der Waals surface area contributed by atoms with E-state index in [1.165, 1.54) is 5.56 Å². The highest BCUT2D eigenvalue weighted by molar-refractivity contribution is 5.56. The maximum atomic E-state index is 5.58. The lowest BCUT2D eigenvalue weighted by molar-refractivity contribution is 0.587. The van der Waals surface area contributed by atoms with Crippen molar-refractivity contribution < 1.29 is 4.42 Å². The van der Waals surface area contributed by atoms with E-state index in [2.05, 4.69) is 15.5 Å². The molecule has 1 heterocycles. The predicted molar refractivity (Wildman–Crippen MR) is 74.2 cm³/mol. The molecular weight excluding hydrogens is 238 g/mol. The number of hydrogen-bond donors (Lipinski definition) is 1. The van der Waals surface area contributed by atoms with Gasteiger partial charge in [-0.05, 0) is 36.8 Å². The number of hydrogen-bond acceptors (Lipinski definition) is 4. The van der Waals surface area contributed by atoms with Crippen LogP contribution in [0.3, 0.4) is 0 Å². The Morgan fingerprint density at radius 3 is 2.58 bits per heavy atom. The molecule has 0 saturated carbocycles. The summed E-state index contributed by atoms with van der Waals surface area (Å²) in [5.41, 5.74) is 3.02. The van der Waals surface area contributed by atoms with Crippen molar-refractivity contribution in [2.45, 2.75) is 6.92 Å². The van der Waals surface area contributed by atoms with E-state index in [1.807, 2.05) is 61.5 Å². The normalized spacial score (nSPS) is 10.4. The second-order valence-electron chi connectivity index (χ2n) is 4.27. The molecule has 0 saturated heterocycles. The van der Waals surface area contributed by atoms with Crippen LogP contribution in [0.2, 0.25) is 0 Å². The van der Waals surface area contributed by atoms with Gasteiger partial charge >= 0.3 is 6.01 Å². The van der Waals surface area contributed by atoms with Gasteiger partial charge in [-0.2, -0.15) is 0 Å². The van der Waals surface area contributed by atoms with Crippen molar-refractivity contribution in [3.8, 4) is 11.5 Å². The van der Waals surface area contributed by atoms with E-state index in [4.69, 9.17) is 4.42 Å². The molecule has 19 heavy (non-hydrogen) atoms. The van der Waals surface area contributed by atoms with Crippen molar-refractivity contribution in [3.05, 3.63) is 60.2 Å². The first-order chi connectivity index (χ1) is 9.31. The molecule has 0 spiro atoms. The fourth-order valence-corrected chi connectivity index (χ4v) is 1.82. The van der Waals surface area contributed by atoms with Crippen LogP contribution in [-0.2, 0) is 0 Å². The Kier molecular flexibility index (Phi) is 2.98. The lowest BCUT2D eigenvalue weighted by Crippen LogP contribution is -1.90. The Hall–Kier alpha value is -2.62. The molecule has 0 amide bonds. The molecule has 4 nitrogen and oxygen atoms in total. The van der Waals surface area contributed by atoms with Crippen molar-refractivity contribution in [3.63, 3.8) is 0 Å². The van der Waals surface area contributed by atoms with E-state index < -0.39 is 0 Å². The van der Waals surface area contributed by atoms with E-state index in [-0.39, 0.29) is 0 Å². The third-order valence-corrected chi connectivity index (χ3v) is 2.72. The van der Waals surface area contributed by atoms with Gasteiger partial charge in [-0.1, -0.05) is 35.4 Å². The Morgan fingerprint density at radius 1 is 0.947 bits per heavy atom. The summed E-state index contributed by atoms with van der Waals surface area (Å²) in [5.74, 6) is 0.510. The maximum Gasteiger partial charge on any atom is 0.320 e. The lowest BCUT2D eigenvalue weighted by Gasteiger charge is -2.01. The second-order valence-corrected chi connectivity index (χ2v) is 4.27. The molecule has 3 rings (SSSR count). The van der Waals surface area contributed by atoms with Gasteiger partial charge in [0.1, 0.15) is 0 Å². The maximum absolute atomic E-state index is 5.58. The molecule has 4 heteroatoms. The van der Waals surface area contributed by atoms with Gasteiger partial charge in [0.2, 0.25) is 5.89 Å². The first kappa shape index (κ1) is 11.5. The molecule has 0 atom stereocenters. The molecule has 0 bridgehead atoms. The third kappa shape index (κ3) is 2.63. The van der Waals surface area contributed by atoms with Crippen LogP contribution in [0, 0.1) is 6.92 Å². The zero-order valence-electron chi connectivity index (χ0n) is 10.5. The standard InChI is InChI=1S/C15H13N3O/c1-11-6-5-9-13(10-11)16-15-18-17-14(19-15)12-7-3-2-4-8-12/h2-10H,1H3,(H,16,18). The van der Waals surface area contributed by atoms with Crippen LogP contribution in [0.5, 0.6) is 0 Å². The molecular formula is C15H13N3O. The van der Waals surface area contributed by atoms with E-state index in [9.17, 15) is 0 Å². The number of nitrogens with one attached hydrogen (secondary N) is 1. The molecule has 2 aromatic carbocycles. The van der Waals surface area contributed by atoms with Crippen molar-refractivity contribution in [2.75, 3.05) is 5.32 Å². The molecule has 3 aromatic rings. The summed E-state index contributed by atoms with van der Waals surface area (Å²) in [5, 5.41) is 11.1. The smallest absolute Gasteiger partial charge is 0.320 e. The molecule has 0 radical (unpaired) electrons. The van der Waals surface area contributed by atoms with Gasteiger partial charge in [0, 0.05) is 11.3 Å². The summed E-state index contributed by atoms with van der Waals surface area (Å²) in [6.45, 7) is 2.04. The van der Waals surface area contributed by atoms with E-state index >= 15 is 0 Å². The molecule has 0 aliphatic heterocycles. The summed E-state index contributed by atoms with van der Waals surface area (Å²) < 4.78 is 5.58. The topological polar surface area (TPSA) is 51.0 Å². The Bertz CT molecular complexity index is 677. The fraction of sp³-hybridized carbons (Fsp3) is 0.0667. The number of nitrogens with zero attached hydrogens (tertiary/aromatic N) is 2. The Morgan fingerprint density at radius 2 is 1.79 bits per heavy atom. The molecule has 0 fully saturated rings. The van der Waals surface area contributed by atoms with Crippen molar-refractivity contribution in [1.82, 2.24) is 10.2 Å². The van der Waals surface area contributed by atoms with E-state index in [0.29, 0.717) is 11.9 Å². The highest BCUT2D eigenvalue weighted by Gasteiger charge is 2.07. The largest absolute Gasteiger partial charge is 0.403 e. The van der Waals surface area contributed by atoms with Gasteiger partial charge in [-0.15, -0.1) is 5.10 Å². The highest BCUT2D eigenvalue weighted by atomic mass is 16.4. The molecule has 0 aliphatic rings. The quantitative estimate of drug-likeness (QED) is 0.769. The number of anilines is 2. The second kappa shape index (κ2) is 4.94.